The zero-order valence-corrected chi connectivity index (χ0v) is 13.4. The Bertz CT molecular complexity index is 841. The van der Waals surface area contributed by atoms with E-state index >= 15 is 0 Å². The maximum absolute atomic E-state index is 11.2. The third-order valence-electron chi connectivity index (χ3n) is 3.47. The van der Waals surface area contributed by atoms with Crippen molar-refractivity contribution in [3.05, 3.63) is 54.1 Å². The molecule has 0 unspecified atom stereocenters. The van der Waals surface area contributed by atoms with Crippen LogP contribution in [0.3, 0.4) is 0 Å². The fourth-order valence-corrected chi connectivity index (χ4v) is 2.10. The minimum absolute atomic E-state index is 0.0433. The molecule has 0 aliphatic rings. The van der Waals surface area contributed by atoms with Gasteiger partial charge in [0.15, 0.2) is 6.61 Å². The number of carbonyl (C=O) groups is 1. The zero-order chi connectivity index (χ0) is 16.9. The number of nitrogens with zero attached hydrogens (tertiary/aromatic N) is 2. The molecule has 1 aromatic heterocycles. The number of rotatable bonds is 5. The first kappa shape index (κ1) is 15.7. The molecular formula is C18H17N3O3. The number of hydrogen-bond donors (Lipinski definition) is 1. The van der Waals surface area contributed by atoms with Gasteiger partial charge in [-0.15, -0.1) is 0 Å². The molecule has 0 bridgehead atoms. The predicted octanol–water partition coefficient (Wildman–Crippen LogP) is 2.84. The van der Waals surface area contributed by atoms with Crippen molar-refractivity contribution in [3.63, 3.8) is 0 Å². The van der Waals surface area contributed by atoms with Crippen molar-refractivity contribution in [1.29, 1.82) is 0 Å². The molecule has 1 amide bonds. The molecule has 24 heavy (non-hydrogen) atoms. The summed E-state index contributed by atoms with van der Waals surface area (Å²) in [6.07, 6.45) is 0. The summed E-state index contributed by atoms with van der Waals surface area (Å²) in [5, 5.41) is 6.52. The molecule has 3 aromatic rings. The number of aromatic nitrogens is 2. The van der Waals surface area contributed by atoms with E-state index in [1.165, 1.54) is 5.56 Å². The Morgan fingerprint density at radius 2 is 1.96 bits per heavy atom. The fraction of sp³-hybridized carbons (Fsp3) is 0.167. The van der Waals surface area contributed by atoms with Crippen LogP contribution in [0.1, 0.15) is 5.56 Å². The number of likely N-dealkylation sites (N-methyl/N-ethyl adjacent to an activating group) is 1. The van der Waals surface area contributed by atoms with Gasteiger partial charge in [-0.3, -0.25) is 4.79 Å². The Kier molecular flexibility index (Phi) is 4.56. The van der Waals surface area contributed by atoms with Gasteiger partial charge in [0.05, 0.1) is 0 Å². The lowest BCUT2D eigenvalue weighted by Gasteiger charge is -2.05. The lowest BCUT2D eigenvalue weighted by atomic mass is 10.1. The van der Waals surface area contributed by atoms with Crippen LogP contribution in [0.2, 0.25) is 0 Å². The monoisotopic (exact) mass is 323 g/mol. The van der Waals surface area contributed by atoms with Crippen LogP contribution in [-0.2, 0) is 4.79 Å². The maximum atomic E-state index is 11.2. The Balaban J connectivity index is 1.79. The van der Waals surface area contributed by atoms with E-state index < -0.39 is 0 Å². The Hall–Kier alpha value is -3.15. The molecule has 6 heteroatoms. The number of hydrogen-bond acceptors (Lipinski definition) is 5. The molecule has 0 saturated heterocycles. The van der Waals surface area contributed by atoms with E-state index in [1.54, 1.807) is 19.2 Å². The van der Waals surface area contributed by atoms with Crippen molar-refractivity contribution < 1.29 is 14.1 Å². The van der Waals surface area contributed by atoms with Crippen molar-refractivity contribution in [3.8, 4) is 28.6 Å². The highest BCUT2D eigenvalue weighted by molar-refractivity contribution is 5.77. The van der Waals surface area contributed by atoms with E-state index in [4.69, 9.17) is 9.26 Å². The SMILES string of the molecule is CNC(=O)COc1cccc(-c2nc(-c3ccc(C)cc3)no2)c1. The normalized spacial score (nSPS) is 10.4. The largest absolute Gasteiger partial charge is 0.484 e. The molecule has 1 N–H and O–H groups in total. The van der Waals surface area contributed by atoms with Gasteiger partial charge >= 0.3 is 0 Å². The van der Waals surface area contributed by atoms with Gasteiger partial charge in [-0.2, -0.15) is 4.98 Å². The summed E-state index contributed by atoms with van der Waals surface area (Å²) in [5.74, 6) is 1.30. The molecule has 1 heterocycles. The Morgan fingerprint density at radius 3 is 2.71 bits per heavy atom. The van der Waals surface area contributed by atoms with Crippen molar-refractivity contribution >= 4 is 5.91 Å². The first-order valence-electron chi connectivity index (χ1n) is 7.50. The molecule has 0 fully saturated rings. The zero-order valence-electron chi connectivity index (χ0n) is 13.4. The van der Waals surface area contributed by atoms with Crippen LogP contribution in [-0.4, -0.2) is 29.7 Å². The van der Waals surface area contributed by atoms with Crippen LogP contribution in [0.25, 0.3) is 22.8 Å². The summed E-state index contributed by atoms with van der Waals surface area (Å²) in [7, 11) is 1.56. The summed E-state index contributed by atoms with van der Waals surface area (Å²) < 4.78 is 10.8. The summed E-state index contributed by atoms with van der Waals surface area (Å²) >= 11 is 0. The van der Waals surface area contributed by atoms with Crippen LogP contribution in [0.4, 0.5) is 0 Å². The van der Waals surface area contributed by atoms with Gasteiger partial charge < -0.3 is 14.6 Å². The highest BCUT2D eigenvalue weighted by Crippen LogP contribution is 2.25. The van der Waals surface area contributed by atoms with E-state index in [2.05, 4.69) is 15.5 Å². The van der Waals surface area contributed by atoms with Crippen LogP contribution in [0.5, 0.6) is 5.75 Å². The number of benzene rings is 2. The van der Waals surface area contributed by atoms with E-state index in [9.17, 15) is 4.79 Å². The first-order chi connectivity index (χ1) is 11.7. The van der Waals surface area contributed by atoms with Gasteiger partial charge in [0.25, 0.3) is 11.8 Å². The topological polar surface area (TPSA) is 77.2 Å². The first-order valence-corrected chi connectivity index (χ1v) is 7.50. The van der Waals surface area contributed by atoms with Gasteiger partial charge in [0.2, 0.25) is 5.82 Å². The van der Waals surface area contributed by atoms with Gasteiger partial charge in [-0.25, -0.2) is 0 Å². The molecule has 122 valence electrons. The standard InChI is InChI=1S/C18H17N3O3/c1-12-6-8-13(9-7-12)17-20-18(24-21-17)14-4-3-5-15(10-14)23-11-16(22)19-2/h3-10H,11H2,1-2H3,(H,19,22). The van der Waals surface area contributed by atoms with E-state index in [0.29, 0.717) is 17.5 Å². The second-order valence-electron chi connectivity index (χ2n) is 5.28. The van der Waals surface area contributed by atoms with Gasteiger partial charge in [0.1, 0.15) is 5.75 Å². The van der Waals surface area contributed by atoms with Crippen molar-refractivity contribution in [2.75, 3.05) is 13.7 Å². The number of aryl methyl sites for hydroxylation is 1. The Morgan fingerprint density at radius 1 is 1.17 bits per heavy atom. The molecule has 0 aliphatic heterocycles. The lowest BCUT2D eigenvalue weighted by molar-refractivity contribution is -0.122. The van der Waals surface area contributed by atoms with Crippen molar-refractivity contribution in [2.24, 2.45) is 0 Å². The van der Waals surface area contributed by atoms with Crippen LogP contribution >= 0.6 is 0 Å². The fourth-order valence-electron chi connectivity index (χ4n) is 2.10. The molecular weight excluding hydrogens is 306 g/mol. The van der Waals surface area contributed by atoms with Crippen molar-refractivity contribution in [2.45, 2.75) is 6.92 Å². The molecule has 3 rings (SSSR count). The molecule has 0 aliphatic carbocycles. The quantitative estimate of drug-likeness (QED) is 0.781. The smallest absolute Gasteiger partial charge is 0.258 e. The van der Waals surface area contributed by atoms with Gasteiger partial charge in [-0.1, -0.05) is 41.1 Å². The Labute approximate surface area is 139 Å². The summed E-state index contributed by atoms with van der Waals surface area (Å²) in [6, 6.07) is 15.1. The highest BCUT2D eigenvalue weighted by atomic mass is 16.5. The number of ether oxygens (including phenoxy) is 1. The van der Waals surface area contributed by atoms with E-state index in [1.807, 2.05) is 43.3 Å². The minimum Gasteiger partial charge on any atom is -0.484 e. The maximum Gasteiger partial charge on any atom is 0.258 e. The van der Waals surface area contributed by atoms with Crippen molar-refractivity contribution in [1.82, 2.24) is 15.5 Å². The third-order valence-corrected chi connectivity index (χ3v) is 3.47. The molecule has 0 spiro atoms. The third kappa shape index (κ3) is 3.60. The minimum atomic E-state index is -0.195. The average Bonchev–Trinajstić information content (AvgIpc) is 3.10. The summed E-state index contributed by atoms with van der Waals surface area (Å²) in [5.41, 5.74) is 2.79. The number of carbonyl (C=O) groups excluding carboxylic acids is 1. The molecule has 2 aromatic carbocycles. The highest BCUT2D eigenvalue weighted by Gasteiger charge is 2.11. The van der Waals surface area contributed by atoms with Crippen LogP contribution < -0.4 is 10.1 Å². The van der Waals surface area contributed by atoms with E-state index in [-0.39, 0.29) is 12.5 Å². The van der Waals surface area contributed by atoms with Crippen LogP contribution in [0.15, 0.2) is 53.1 Å². The van der Waals surface area contributed by atoms with Crippen LogP contribution in [0, 0.1) is 6.92 Å². The second kappa shape index (κ2) is 6.95. The number of amides is 1. The molecule has 0 atom stereocenters. The lowest BCUT2D eigenvalue weighted by Crippen LogP contribution is -2.24. The summed E-state index contributed by atoms with van der Waals surface area (Å²) in [6.45, 7) is 1.98. The van der Waals surface area contributed by atoms with Gasteiger partial charge in [0, 0.05) is 18.2 Å². The van der Waals surface area contributed by atoms with Gasteiger partial charge in [-0.05, 0) is 25.1 Å². The second-order valence-corrected chi connectivity index (χ2v) is 5.28. The predicted molar refractivity (Wildman–Crippen MR) is 89.5 cm³/mol. The molecule has 0 radical (unpaired) electrons. The average molecular weight is 323 g/mol. The molecule has 6 nitrogen and oxygen atoms in total. The molecule has 0 saturated carbocycles. The number of nitrogens with one attached hydrogen (secondary N) is 1. The van der Waals surface area contributed by atoms with E-state index in [0.717, 1.165) is 11.1 Å². The summed E-state index contributed by atoms with van der Waals surface area (Å²) in [4.78, 5) is 15.7.